The first-order valence-corrected chi connectivity index (χ1v) is 10.7. The van der Waals surface area contributed by atoms with Crippen LogP contribution in [0.25, 0.3) is 0 Å². The maximum absolute atomic E-state index is 11.2. The van der Waals surface area contributed by atoms with Gasteiger partial charge in [0.2, 0.25) is 0 Å². The molecule has 5 heteroatoms. The molecule has 2 heterocycles. The van der Waals surface area contributed by atoms with Gasteiger partial charge in [-0.3, -0.25) is 4.90 Å². The second-order valence-corrected chi connectivity index (χ2v) is 7.92. The molecule has 2 aliphatic rings. The van der Waals surface area contributed by atoms with Gasteiger partial charge in [0.1, 0.15) is 11.8 Å². The summed E-state index contributed by atoms with van der Waals surface area (Å²) in [5.41, 5.74) is 3.51. The van der Waals surface area contributed by atoms with E-state index in [2.05, 4.69) is 58.4 Å². The smallest absolute Gasteiger partial charge is 0.354 e. The molecule has 0 atom stereocenters. The molecule has 5 nitrogen and oxygen atoms in total. The Morgan fingerprint density at radius 1 is 1.03 bits per heavy atom. The van der Waals surface area contributed by atoms with Gasteiger partial charge in [0.05, 0.1) is 6.10 Å². The predicted octanol–water partition coefficient (Wildman–Crippen LogP) is 4.46. The van der Waals surface area contributed by atoms with Crippen LogP contribution in [0.3, 0.4) is 0 Å². The van der Waals surface area contributed by atoms with Crippen molar-refractivity contribution in [1.82, 2.24) is 4.90 Å². The number of allylic oxidation sites excluding steroid dienone is 1. The molecule has 0 radical (unpaired) electrons. The van der Waals surface area contributed by atoms with E-state index in [0.29, 0.717) is 0 Å². The molecule has 1 N–H and O–H groups in total. The Morgan fingerprint density at radius 2 is 1.63 bits per heavy atom. The summed E-state index contributed by atoms with van der Waals surface area (Å²) in [6, 6.07) is 20.8. The zero-order chi connectivity index (χ0) is 20.8. The van der Waals surface area contributed by atoms with Crippen LogP contribution >= 0.6 is 0 Å². The summed E-state index contributed by atoms with van der Waals surface area (Å²) in [7, 11) is 0. The average Bonchev–Trinajstić information content (AvgIpc) is 2.80. The molecule has 0 saturated carbocycles. The van der Waals surface area contributed by atoms with Crippen molar-refractivity contribution in [2.24, 2.45) is 4.99 Å². The number of carboxylic acid groups (broad SMARTS) is 1. The standard InChI is InChI=1S/C25H28N2O3/c28-25(29)23-13-7-12-21(26-23)18-27-16-14-22(15-17-27)30-24(19-8-3-1-4-9-19)20-10-5-2-6-11-20/h1-6,8-11,13,22,24H,7,12,14-18H2,(H,28,29). The van der Waals surface area contributed by atoms with Gasteiger partial charge in [0.15, 0.2) is 0 Å². The second-order valence-electron chi connectivity index (χ2n) is 7.92. The molecule has 2 aromatic rings. The van der Waals surface area contributed by atoms with Gasteiger partial charge in [-0.2, -0.15) is 0 Å². The minimum Gasteiger partial charge on any atom is -0.477 e. The fraction of sp³-hybridized carbons (Fsp3) is 0.360. The third-order valence-electron chi connectivity index (χ3n) is 5.74. The van der Waals surface area contributed by atoms with Crippen molar-refractivity contribution in [3.63, 3.8) is 0 Å². The minimum absolute atomic E-state index is 0.0602. The molecule has 0 aliphatic carbocycles. The molecule has 0 amide bonds. The molecule has 156 valence electrons. The van der Waals surface area contributed by atoms with E-state index in [-0.39, 0.29) is 17.9 Å². The lowest BCUT2D eigenvalue weighted by molar-refractivity contribution is -0.132. The molecule has 0 spiro atoms. The minimum atomic E-state index is -0.938. The normalized spacial score (nSPS) is 18.2. The average molecular weight is 405 g/mol. The number of carbonyl (C=O) groups is 1. The highest BCUT2D eigenvalue weighted by Gasteiger charge is 2.25. The lowest BCUT2D eigenvalue weighted by Gasteiger charge is -2.34. The van der Waals surface area contributed by atoms with E-state index in [1.54, 1.807) is 6.08 Å². The maximum atomic E-state index is 11.2. The summed E-state index contributed by atoms with van der Waals surface area (Å²) in [4.78, 5) is 17.9. The van der Waals surface area contributed by atoms with Gasteiger partial charge in [-0.1, -0.05) is 66.7 Å². The highest BCUT2D eigenvalue weighted by molar-refractivity contribution is 5.95. The third-order valence-corrected chi connectivity index (χ3v) is 5.74. The summed E-state index contributed by atoms with van der Waals surface area (Å²) in [6.45, 7) is 2.62. The molecule has 2 aliphatic heterocycles. The van der Waals surface area contributed by atoms with E-state index in [9.17, 15) is 4.79 Å². The Hall–Kier alpha value is -2.76. The Morgan fingerprint density at radius 3 is 2.20 bits per heavy atom. The van der Waals surface area contributed by atoms with Crippen molar-refractivity contribution < 1.29 is 14.6 Å². The number of piperidine rings is 1. The molecule has 30 heavy (non-hydrogen) atoms. The zero-order valence-corrected chi connectivity index (χ0v) is 17.1. The number of hydrogen-bond acceptors (Lipinski definition) is 4. The van der Waals surface area contributed by atoms with Crippen LogP contribution in [0.4, 0.5) is 0 Å². The molecule has 0 aromatic heterocycles. The van der Waals surface area contributed by atoms with Crippen LogP contribution in [0.15, 0.2) is 77.4 Å². The number of nitrogens with zero attached hydrogens (tertiary/aromatic N) is 2. The van der Waals surface area contributed by atoms with Crippen LogP contribution in [0.1, 0.15) is 42.9 Å². The van der Waals surface area contributed by atoms with Crippen LogP contribution in [0, 0.1) is 0 Å². The van der Waals surface area contributed by atoms with E-state index in [0.717, 1.165) is 51.0 Å². The number of rotatable bonds is 7. The van der Waals surface area contributed by atoms with Crippen LogP contribution in [0.2, 0.25) is 0 Å². The topological polar surface area (TPSA) is 62.1 Å². The fourth-order valence-electron chi connectivity index (χ4n) is 4.16. The van der Waals surface area contributed by atoms with E-state index < -0.39 is 5.97 Å². The second kappa shape index (κ2) is 9.83. The monoisotopic (exact) mass is 404 g/mol. The van der Waals surface area contributed by atoms with Gasteiger partial charge >= 0.3 is 5.97 Å². The number of hydrogen-bond donors (Lipinski definition) is 1. The fourth-order valence-corrected chi connectivity index (χ4v) is 4.16. The molecule has 2 aromatic carbocycles. The number of carboxylic acids is 1. The van der Waals surface area contributed by atoms with Gasteiger partial charge in [-0.25, -0.2) is 9.79 Å². The van der Waals surface area contributed by atoms with Crippen molar-refractivity contribution in [1.29, 1.82) is 0 Å². The summed E-state index contributed by atoms with van der Waals surface area (Å²) < 4.78 is 6.61. The van der Waals surface area contributed by atoms with Gasteiger partial charge in [-0.05, 0) is 36.8 Å². The number of benzene rings is 2. The number of likely N-dealkylation sites (tertiary alicyclic amines) is 1. The van der Waals surface area contributed by atoms with E-state index in [4.69, 9.17) is 9.84 Å². The van der Waals surface area contributed by atoms with Crippen LogP contribution < -0.4 is 0 Å². The number of aliphatic imine (C=N–C) groups is 1. The van der Waals surface area contributed by atoms with Gasteiger partial charge < -0.3 is 9.84 Å². The quantitative estimate of drug-likeness (QED) is 0.740. The Labute approximate surface area is 177 Å². The summed E-state index contributed by atoms with van der Waals surface area (Å²) in [5.74, 6) is -0.938. The summed E-state index contributed by atoms with van der Waals surface area (Å²) in [5, 5.41) is 9.16. The van der Waals surface area contributed by atoms with Gasteiger partial charge in [0.25, 0.3) is 0 Å². The summed E-state index contributed by atoms with van der Waals surface area (Å²) in [6.07, 6.45) is 5.38. The third kappa shape index (κ3) is 5.23. The highest BCUT2D eigenvalue weighted by atomic mass is 16.5. The molecular formula is C25H28N2O3. The van der Waals surface area contributed by atoms with Crippen LogP contribution in [0.5, 0.6) is 0 Å². The predicted molar refractivity (Wildman–Crippen MR) is 118 cm³/mol. The highest BCUT2D eigenvalue weighted by Crippen LogP contribution is 2.30. The largest absolute Gasteiger partial charge is 0.477 e. The van der Waals surface area contributed by atoms with E-state index in [1.807, 2.05) is 12.1 Å². The Kier molecular flexibility index (Phi) is 6.72. The van der Waals surface area contributed by atoms with Crippen molar-refractivity contribution in [3.8, 4) is 0 Å². The molecule has 0 unspecified atom stereocenters. The van der Waals surface area contributed by atoms with Crippen LogP contribution in [-0.4, -0.2) is 47.4 Å². The molecule has 0 bridgehead atoms. The maximum Gasteiger partial charge on any atom is 0.354 e. The first kappa shape index (κ1) is 20.5. The van der Waals surface area contributed by atoms with Crippen molar-refractivity contribution in [3.05, 3.63) is 83.6 Å². The molecular weight excluding hydrogens is 376 g/mol. The molecule has 1 saturated heterocycles. The Balaban J connectivity index is 1.36. The first-order chi connectivity index (χ1) is 14.7. The first-order valence-electron chi connectivity index (χ1n) is 10.7. The molecule has 4 rings (SSSR count). The number of aliphatic carboxylic acids is 1. The van der Waals surface area contributed by atoms with Crippen molar-refractivity contribution in [2.75, 3.05) is 19.6 Å². The van der Waals surface area contributed by atoms with E-state index in [1.165, 1.54) is 11.1 Å². The zero-order valence-electron chi connectivity index (χ0n) is 17.1. The van der Waals surface area contributed by atoms with Crippen LogP contribution in [-0.2, 0) is 9.53 Å². The van der Waals surface area contributed by atoms with Gasteiger partial charge in [-0.15, -0.1) is 0 Å². The van der Waals surface area contributed by atoms with Gasteiger partial charge in [0, 0.05) is 25.3 Å². The molecule has 1 fully saturated rings. The van der Waals surface area contributed by atoms with E-state index >= 15 is 0 Å². The lowest BCUT2D eigenvalue weighted by Crippen LogP contribution is -2.40. The lowest BCUT2D eigenvalue weighted by atomic mass is 10.00. The number of ether oxygens (including phenoxy) is 1. The van der Waals surface area contributed by atoms with Crippen molar-refractivity contribution in [2.45, 2.75) is 37.9 Å². The van der Waals surface area contributed by atoms with Crippen molar-refractivity contribution >= 4 is 11.7 Å². The Bertz CT molecular complexity index is 861. The SMILES string of the molecule is O=C(O)C1=CCCC(CN2CCC(OC(c3ccccc3)c3ccccc3)CC2)=N1. The summed E-state index contributed by atoms with van der Waals surface area (Å²) >= 11 is 0.